The van der Waals surface area contributed by atoms with E-state index in [0.717, 1.165) is 10.0 Å². The van der Waals surface area contributed by atoms with Gasteiger partial charge in [0.1, 0.15) is 0 Å². The van der Waals surface area contributed by atoms with Crippen LogP contribution in [0.25, 0.3) is 0 Å². The van der Waals surface area contributed by atoms with E-state index in [-0.39, 0.29) is 18.4 Å². The van der Waals surface area contributed by atoms with Gasteiger partial charge in [-0.15, -0.1) is 0 Å². The normalized spacial score (nSPS) is 13.4. The summed E-state index contributed by atoms with van der Waals surface area (Å²) in [6.45, 7) is 7.91. The van der Waals surface area contributed by atoms with E-state index in [4.69, 9.17) is 0 Å². The fourth-order valence-corrected chi connectivity index (χ4v) is 1.92. The second-order valence-corrected chi connectivity index (χ2v) is 6.57. The molecule has 4 heteroatoms. The molecule has 1 aromatic carbocycles. The Balaban J connectivity index is 2.71. The minimum atomic E-state index is -0.614. The molecule has 1 atom stereocenters. The number of rotatable bonds is 5. The average molecular weight is 328 g/mol. The van der Waals surface area contributed by atoms with Crippen molar-refractivity contribution in [1.29, 1.82) is 0 Å². The Morgan fingerprint density at radius 1 is 1.32 bits per heavy atom. The largest absolute Gasteiger partial charge is 0.391 e. The van der Waals surface area contributed by atoms with Crippen LogP contribution in [0.4, 0.5) is 0 Å². The molecule has 0 heterocycles. The summed E-state index contributed by atoms with van der Waals surface area (Å²) < 4.78 is 0.989. The molecule has 0 aliphatic heterocycles. The lowest BCUT2D eigenvalue weighted by Gasteiger charge is -2.25. The van der Waals surface area contributed by atoms with Crippen LogP contribution in [-0.4, -0.2) is 23.7 Å². The van der Waals surface area contributed by atoms with Crippen molar-refractivity contribution in [1.82, 2.24) is 5.32 Å². The molecule has 2 N–H and O–H groups in total. The summed E-state index contributed by atoms with van der Waals surface area (Å²) in [4.78, 5) is 12.2. The van der Waals surface area contributed by atoms with Gasteiger partial charge in [-0.1, -0.05) is 41.9 Å². The lowest BCUT2D eigenvalue weighted by Crippen LogP contribution is -2.44. The number of hydrogen-bond acceptors (Lipinski definition) is 2. The Bertz CT molecular complexity index is 426. The van der Waals surface area contributed by atoms with Crippen molar-refractivity contribution >= 4 is 21.8 Å². The predicted molar refractivity (Wildman–Crippen MR) is 81.0 cm³/mol. The summed E-state index contributed by atoms with van der Waals surface area (Å²) in [5.41, 5.74) is 0.337. The second-order valence-electron chi connectivity index (χ2n) is 5.65. The van der Waals surface area contributed by atoms with Crippen LogP contribution in [0.1, 0.15) is 33.3 Å². The minimum absolute atomic E-state index is 0.0745. The van der Waals surface area contributed by atoms with Gasteiger partial charge in [0.15, 0.2) is 0 Å². The summed E-state index contributed by atoms with van der Waals surface area (Å²) in [7, 11) is 0. The average Bonchev–Trinajstić information content (AvgIpc) is 2.35. The van der Waals surface area contributed by atoms with E-state index in [0.29, 0.717) is 0 Å². The smallest absolute Gasteiger partial charge is 0.230 e. The van der Waals surface area contributed by atoms with E-state index in [1.54, 1.807) is 0 Å². The molecule has 3 nitrogen and oxygen atoms in total. The number of carbonyl (C=O) groups excluding carboxylic acids is 1. The van der Waals surface area contributed by atoms with Gasteiger partial charge in [0.25, 0.3) is 0 Å². The van der Waals surface area contributed by atoms with Gasteiger partial charge < -0.3 is 10.4 Å². The third kappa shape index (κ3) is 4.32. The highest BCUT2D eigenvalue weighted by atomic mass is 79.9. The van der Waals surface area contributed by atoms with E-state index in [1.165, 1.54) is 0 Å². The Morgan fingerprint density at radius 2 is 1.84 bits per heavy atom. The Hall–Kier alpha value is -0.870. The monoisotopic (exact) mass is 327 g/mol. The molecule has 0 radical (unpaired) electrons. The standard InChI is InChI=1S/C15H22BrNO2/c1-10(2)13(18)9-17-14(19)15(3,4)11-5-7-12(16)8-6-11/h5-8,10,13,18H,9H2,1-4H3,(H,17,19). The molecule has 0 spiro atoms. The molecule has 0 bridgehead atoms. The number of nitrogens with one attached hydrogen (secondary N) is 1. The van der Waals surface area contributed by atoms with Gasteiger partial charge in [-0.05, 0) is 37.5 Å². The van der Waals surface area contributed by atoms with Crippen molar-refractivity contribution in [3.05, 3.63) is 34.3 Å². The van der Waals surface area contributed by atoms with E-state index in [2.05, 4.69) is 21.2 Å². The summed E-state index contributed by atoms with van der Waals surface area (Å²) in [6.07, 6.45) is -0.510. The van der Waals surface area contributed by atoms with E-state index in [9.17, 15) is 9.90 Å². The highest BCUT2D eigenvalue weighted by Crippen LogP contribution is 2.25. The van der Waals surface area contributed by atoms with Crippen molar-refractivity contribution in [2.45, 2.75) is 39.2 Å². The first-order chi connectivity index (χ1) is 8.75. The van der Waals surface area contributed by atoms with Crippen molar-refractivity contribution < 1.29 is 9.90 Å². The highest BCUT2D eigenvalue weighted by molar-refractivity contribution is 9.10. The van der Waals surface area contributed by atoms with Gasteiger partial charge in [0.05, 0.1) is 11.5 Å². The molecule has 1 rings (SSSR count). The maximum atomic E-state index is 12.2. The first-order valence-electron chi connectivity index (χ1n) is 6.47. The van der Waals surface area contributed by atoms with Crippen molar-refractivity contribution in [2.75, 3.05) is 6.54 Å². The summed E-state index contributed by atoms with van der Waals surface area (Å²) >= 11 is 3.38. The summed E-state index contributed by atoms with van der Waals surface area (Å²) in [5, 5.41) is 12.5. The molecule has 0 aliphatic carbocycles. The second kappa shape index (κ2) is 6.53. The minimum Gasteiger partial charge on any atom is -0.391 e. The quantitative estimate of drug-likeness (QED) is 0.873. The third-order valence-electron chi connectivity index (χ3n) is 3.37. The van der Waals surface area contributed by atoms with Crippen LogP contribution in [0.15, 0.2) is 28.7 Å². The molecule has 0 saturated carbocycles. The highest BCUT2D eigenvalue weighted by Gasteiger charge is 2.29. The number of aliphatic hydroxyl groups excluding tert-OH is 1. The lowest BCUT2D eigenvalue weighted by molar-refractivity contribution is -0.126. The zero-order valence-corrected chi connectivity index (χ0v) is 13.5. The zero-order chi connectivity index (χ0) is 14.6. The lowest BCUT2D eigenvalue weighted by atomic mass is 9.83. The molecule has 0 saturated heterocycles. The van der Waals surface area contributed by atoms with Gasteiger partial charge >= 0.3 is 0 Å². The van der Waals surface area contributed by atoms with Crippen LogP contribution >= 0.6 is 15.9 Å². The van der Waals surface area contributed by atoms with Gasteiger partial charge in [-0.25, -0.2) is 0 Å². The number of benzene rings is 1. The number of hydrogen-bond donors (Lipinski definition) is 2. The van der Waals surface area contributed by atoms with E-state index in [1.807, 2.05) is 52.0 Å². The van der Waals surface area contributed by atoms with E-state index < -0.39 is 11.5 Å². The SMILES string of the molecule is CC(C)C(O)CNC(=O)C(C)(C)c1ccc(Br)cc1. The maximum Gasteiger partial charge on any atom is 0.230 e. The number of halogens is 1. The fraction of sp³-hybridized carbons (Fsp3) is 0.533. The topological polar surface area (TPSA) is 49.3 Å². The molecule has 0 fully saturated rings. The molecule has 1 aromatic rings. The molecule has 0 aliphatic rings. The first-order valence-corrected chi connectivity index (χ1v) is 7.27. The van der Waals surface area contributed by atoms with Crippen molar-refractivity contribution in [3.8, 4) is 0 Å². The molecule has 19 heavy (non-hydrogen) atoms. The number of aliphatic hydroxyl groups is 1. The van der Waals surface area contributed by atoms with Crippen LogP contribution in [0.5, 0.6) is 0 Å². The maximum absolute atomic E-state index is 12.2. The summed E-state index contributed by atoms with van der Waals surface area (Å²) in [5.74, 6) is 0.0608. The predicted octanol–water partition coefficient (Wildman–Crippen LogP) is 2.86. The van der Waals surface area contributed by atoms with Crippen LogP contribution < -0.4 is 5.32 Å². The van der Waals surface area contributed by atoms with Crippen LogP contribution in [0.2, 0.25) is 0 Å². The molecule has 0 aromatic heterocycles. The molecular weight excluding hydrogens is 306 g/mol. The van der Waals surface area contributed by atoms with Gasteiger partial charge in [-0.3, -0.25) is 4.79 Å². The van der Waals surface area contributed by atoms with Gasteiger partial charge in [-0.2, -0.15) is 0 Å². The Labute approximate surface area is 123 Å². The number of carbonyl (C=O) groups is 1. The molecule has 106 valence electrons. The third-order valence-corrected chi connectivity index (χ3v) is 3.90. The molecule has 1 unspecified atom stereocenters. The van der Waals surface area contributed by atoms with Crippen molar-refractivity contribution in [3.63, 3.8) is 0 Å². The van der Waals surface area contributed by atoms with Crippen LogP contribution in [0, 0.1) is 5.92 Å². The van der Waals surface area contributed by atoms with Crippen molar-refractivity contribution in [2.24, 2.45) is 5.92 Å². The van der Waals surface area contributed by atoms with Gasteiger partial charge in [0, 0.05) is 11.0 Å². The van der Waals surface area contributed by atoms with E-state index >= 15 is 0 Å². The summed E-state index contributed by atoms with van der Waals surface area (Å²) in [6, 6.07) is 7.71. The van der Waals surface area contributed by atoms with Crippen LogP contribution in [0.3, 0.4) is 0 Å². The molecular formula is C15H22BrNO2. The first kappa shape index (κ1) is 16.2. The fourth-order valence-electron chi connectivity index (χ4n) is 1.65. The van der Waals surface area contributed by atoms with Crippen LogP contribution in [-0.2, 0) is 10.2 Å². The van der Waals surface area contributed by atoms with Gasteiger partial charge in [0.2, 0.25) is 5.91 Å². The Kier molecular flexibility index (Phi) is 5.56. The Morgan fingerprint density at radius 3 is 2.32 bits per heavy atom. The molecule has 1 amide bonds. The zero-order valence-electron chi connectivity index (χ0n) is 11.9. The number of amides is 1.